The maximum atomic E-state index is 11.6. The summed E-state index contributed by atoms with van der Waals surface area (Å²) in [6, 6.07) is 0. The van der Waals surface area contributed by atoms with Gasteiger partial charge in [-0.1, -0.05) is 39.5 Å². The van der Waals surface area contributed by atoms with Gasteiger partial charge in [-0.15, -0.1) is 0 Å². The molecule has 0 N–H and O–H groups in total. The average molecular weight is 321 g/mol. The molecule has 23 heavy (non-hydrogen) atoms. The molecule has 0 aromatic heterocycles. The number of ether oxygens (including phenoxy) is 1. The summed E-state index contributed by atoms with van der Waals surface area (Å²) in [5, 5.41) is 0. The summed E-state index contributed by atoms with van der Waals surface area (Å²) in [5.74, 6) is 4.81. The van der Waals surface area contributed by atoms with Crippen molar-refractivity contribution >= 4 is 5.97 Å². The van der Waals surface area contributed by atoms with Gasteiger partial charge in [-0.2, -0.15) is 0 Å². The Bertz CT molecular complexity index is 391. The number of rotatable bonds is 5. The molecule has 132 valence electrons. The topological polar surface area (TPSA) is 26.3 Å². The van der Waals surface area contributed by atoms with Gasteiger partial charge in [-0.05, 0) is 74.5 Å². The number of esters is 1. The number of fused-ring (bicyclic) bond motifs is 3. The predicted molar refractivity (Wildman–Crippen MR) is 94.1 cm³/mol. The molecule has 2 nitrogen and oxygen atoms in total. The highest BCUT2D eigenvalue weighted by atomic mass is 16.5. The van der Waals surface area contributed by atoms with E-state index in [0.717, 1.165) is 42.4 Å². The average Bonchev–Trinajstić information content (AvgIpc) is 2.59. The lowest BCUT2D eigenvalue weighted by atomic mass is 9.56. The van der Waals surface area contributed by atoms with Gasteiger partial charge >= 0.3 is 5.97 Å². The molecule has 6 atom stereocenters. The fourth-order valence-corrected chi connectivity index (χ4v) is 5.98. The van der Waals surface area contributed by atoms with Crippen LogP contribution in [0.2, 0.25) is 0 Å². The van der Waals surface area contributed by atoms with E-state index in [1.54, 1.807) is 0 Å². The van der Waals surface area contributed by atoms with Gasteiger partial charge in [0.2, 0.25) is 0 Å². The normalized spacial score (nSPS) is 40.1. The van der Waals surface area contributed by atoms with E-state index in [1.807, 2.05) is 6.92 Å². The van der Waals surface area contributed by atoms with Crippen LogP contribution < -0.4 is 0 Å². The molecule has 3 fully saturated rings. The van der Waals surface area contributed by atoms with Gasteiger partial charge < -0.3 is 4.74 Å². The second-order valence-corrected chi connectivity index (χ2v) is 8.52. The number of hydrogen-bond acceptors (Lipinski definition) is 2. The molecule has 3 saturated carbocycles. The highest BCUT2D eigenvalue weighted by molar-refractivity contribution is 5.69. The van der Waals surface area contributed by atoms with Crippen LogP contribution in [0.3, 0.4) is 0 Å². The summed E-state index contributed by atoms with van der Waals surface area (Å²) in [6.45, 7) is 4.22. The van der Waals surface area contributed by atoms with Crippen LogP contribution in [0.1, 0.15) is 90.9 Å². The van der Waals surface area contributed by atoms with Crippen molar-refractivity contribution in [2.24, 2.45) is 29.6 Å². The lowest BCUT2D eigenvalue weighted by molar-refractivity contribution is -0.153. The highest BCUT2D eigenvalue weighted by Crippen LogP contribution is 2.53. The Morgan fingerprint density at radius 2 is 1.61 bits per heavy atom. The van der Waals surface area contributed by atoms with Gasteiger partial charge in [-0.3, -0.25) is 4.79 Å². The van der Waals surface area contributed by atoms with E-state index >= 15 is 0 Å². The molecule has 2 heteroatoms. The minimum Gasteiger partial charge on any atom is -0.462 e. The molecule has 0 aromatic carbocycles. The maximum Gasteiger partial charge on any atom is 0.305 e. The molecule has 3 rings (SSSR count). The van der Waals surface area contributed by atoms with Crippen molar-refractivity contribution in [3.63, 3.8) is 0 Å². The zero-order valence-electron chi connectivity index (χ0n) is 15.3. The molecule has 4 unspecified atom stereocenters. The quantitative estimate of drug-likeness (QED) is 0.604. The van der Waals surface area contributed by atoms with Gasteiger partial charge in [0.05, 0.1) is 0 Å². The van der Waals surface area contributed by atoms with E-state index in [2.05, 4.69) is 6.92 Å². The first-order valence-electron chi connectivity index (χ1n) is 10.4. The van der Waals surface area contributed by atoms with Crippen molar-refractivity contribution in [3.8, 4) is 0 Å². The summed E-state index contributed by atoms with van der Waals surface area (Å²) in [5.41, 5.74) is 0. The molecule has 3 aliphatic carbocycles. The van der Waals surface area contributed by atoms with Crippen LogP contribution in [-0.4, -0.2) is 12.1 Å². The third-order valence-corrected chi connectivity index (χ3v) is 7.15. The Morgan fingerprint density at radius 3 is 2.30 bits per heavy atom. The molecule has 0 amide bonds. The molecule has 0 spiro atoms. The van der Waals surface area contributed by atoms with Gasteiger partial charge in [-0.25, -0.2) is 0 Å². The number of hydrogen-bond donors (Lipinski definition) is 0. The van der Waals surface area contributed by atoms with Crippen molar-refractivity contribution in [1.82, 2.24) is 0 Å². The third-order valence-electron chi connectivity index (χ3n) is 7.15. The van der Waals surface area contributed by atoms with Crippen LogP contribution in [0.15, 0.2) is 0 Å². The van der Waals surface area contributed by atoms with Crippen LogP contribution in [0, 0.1) is 29.6 Å². The van der Waals surface area contributed by atoms with E-state index in [0.29, 0.717) is 6.42 Å². The lowest BCUT2D eigenvalue weighted by Gasteiger charge is -2.50. The summed E-state index contributed by atoms with van der Waals surface area (Å²) in [7, 11) is 0. The molecular formula is C21H36O2. The number of unbranched alkanes of at least 4 members (excludes halogenated alkanes) is 1. The first-order valence-corrected chi connectivity index (χ1v) is 10.4. The number of carbonyl (C=O) groups excluding carboxylic acids is 1. The largest absolute Gasteiger partial charge is 0.462 e. The van der Waals surface area contributed by atoms with Crippen LogP contribution in [0.25, 0.3) is 0 Å². The second kappa shape index (κ2) is 8.03. The molecule has 0 aliphatic heterocycles. The molecule has 0 bridgehead atoms. The Morgan fingerprint density at radius 1 is 0.913 bits per heavy atom. The second-order valence-electron chi connectivity index (χ2n) is 8.52. The van der Waals surface area contributed by atoms with Crippen molar-refractivity contribution in [2.75, 3.05) is 0 Å². The van der Waals surface area contributed by atoms with E-state index in [-0.39, 0.29) is 12.1 Å². The van der Waals surface area contributed by atoms with Gasteiger partial charge in [0.1, 0.15) is 6.10 Å². The van der Waals surface area contributed by atoms with E-state index in [4.69, 9.17) is 4.74 Å². The summed E-state index contributed by atoms with van der Waals surface area (Å²) in [6.07, 6.45) is 15.9. The van der Waals surface area contributed by atoms with Gasteiger partial charge in [0, 0.05) is 6.42 Å². The smallest absolute Gasteiger partial charge is 0.305 e. The summed E-state index contributed by atoms with van der Waals surface area (Å²) >= 11 is 0. The predicted octanol–water partition coefficient (Wildman–Crippen LogP) is 5.74. The van der Waals surface area contributed by atoms with Gasteiger partial charge in [0.25, 0.3) is 0 Å². The SMILES string of the molecule is CCCC[C@H]1CCC2C(CCC3C[C@@H](OC(=O)CC)CCC32)C1. The Labute approximate surface area is 142 Å². The Kier molecular flexibility index (Phi) is 6.04. The Hall–Kier alpha value is -0.530. The molecular weight excluding hydrogens is 284 g/mol. The maximum absolute atomic E-state index is 11.6. The van der Waals surface area contributed by atoms with Gasteiger partial charge in [0.15, 0.2) is 0 Å². The van der Waals surface area contributed by atoms with Crippen LogP contribution in [0.4, 0.5) is 0 Å². The molecule has 0 aromatic rings. The van der Waals surface area contributed by atoms with E-state index in [1.165, 1.54) is 57.8 Å². The minimum atomic E-state index is -0.00133. The van der Waals surface area contributed by atoms with E-state index in [9.17, 15) is 4.79 Å². The van der Waals surface area contributed by atoms with Crippen molar-refractivity contribution in [2.45, 2.75) is 97.0 Å². The lowest BCUT2D eigenvalue weighted by Crippen LogP contribution is -2.43. The fourth-order valence-electron chi connectivity index (χ4n) is 5.98. The summed E-state index contributed by atoms with van der Waals surface area (Å²) in [4.78, 5) is 11.6. The first kappa shape index (κ1) is 17.3. The molecule has 0 heterocycles. The Balaban J connectivity index is 1.52. The zero-order valence-corrected chi connectivity index (χ0v) is 15.3. The molecule has 0 radical (unpaired) electrons. The fraction of sp³-hybridized carbons (Fsp3) is 0.952. The van der Waals surface area contributed by atoms with E-state index < -0.39 is 0 Å². The van der Waals surface area contributed by atoms with Crippen LogP contribution in [0.5, 0.6) is 0 Å². The first-order chi connectivity index (χ1) is 11.2. The monoisotopic (exact) mass is 320 g/mol. The molecule has 3 aliphatic rings. The minimum absolute atomic E-state index is 0.00133. The van der Waals surface area contributed by atoms with Crippen molar-refractivity contribution < 1.29 is 9.53 Å². The third kappa shape index (κ3) is 4.12. The van der Waals surface area contributed by atoms with Crippen molar-refractivity contribution in [1.29, 1.82) is 0 Å². The summed E-state index contributed by atoms with van der Waals surface area (Å²) < 4.78 is 5.65. The highest BCUT2D eigenvalue weighted by Gasteiger charge is 2.44. The van der Waals surface area contributed by atoms with Crippen LogP contribution >= 0.6 is 0 Å². The number of carbonyl (C=O) groups is 1. The standard InChI is InChI=1S/C21H36O2/c1-3-5-6-15-7-11-19-16(13-15)8-9-17-14-18(10-12-20(17)19)23-21(22)4-2/h15-20H,3-14H2,1-2H3/t15-,16?,17?,18-,19?,20?/m0/s1. The van der Waals surface area contributed by atoms with Crippen molar-refractivity contribution in [3.05, 3.63) is 0 Å². The van der Waals surface area contributed by atoms with Crippen LogP contribution in [-0.2, 0) is 9.53 Å². The zero-order chi connectivity index (χ0) is 16.2. The molecule has 0 saturated heterocycles.